The van der Waals surface area contributed by atoms with Crippen LogP contribution >= 0.6 is 11.6 Å². The summed E-state index contributed by atoms with van der Waals surface area (Å²) >= 11 is 5.86. The quantitative estimate of drug-likeness (QED) is 0.546. The summed E-state index contributed by atoms with van der Waals surface area (Å²) in [6.45, 7) is 0.897. The van der Waals surface area contributed by atoms with Crippen LogP contribution in [-0.2, 0) is 14.8 Å². The summed E-state index contributed by atoms with van der Waals surface area (Å²) in [7, 11) is -3.76. The van der Waals surface area contributed by atoms with Gasteiger partial charge in [0.1, 0.15) is 18.4 Å². The molecule has 0 aromatic heterocycles. The van der Waals surface area contributed by atoms with Crippen LogP contribution in [0.15, 0.2) is 71.6 Å². The maximum Gasteiger partial charge on any atom is 0.243 e. The summed E-state index contributed by atoms with van der Waals surface area (Å²) in [5.41, 5.74) is 0. The molecular weight excluding hydrogens is 436 g/mol. The molecule has 0 saturated carbocycles. The Morgan fingerprint density at radius 2 is 1.81 bits per heavy atom. The number of carbonyl (C=O) groups excluding carboxylic acids is 1. The van der Waals surface area contributed by atoms with Crippen LogP contribution in [0.4, 0.5) is 0 Å². The minimum atomic E-state index is -3.76. The molecule has 4 rings (SSSR count). The van der Waals surface area contributed by atoms with Crippen LogP contribution in [0, 0.1) is 0 Å². The van der Waals surface area contributed by atoms with E-state index in [-0.39, 0.29) is 17.3 Å². The molecule has 31 heavy (non-hydrogen) atoms. The summed E-state index contributed by atoms with van der Waals surface area (Å²) in [4.78, 5) is 12.8. The van der Waals surface area contributed by atoms with Gasteiger partial charge in [0.2, 0.25) is 15.9 Å². The lowest BCUT2D eigenvalue weighted by atomic mass is 10.1. The second-order valence-corrected chi connectivity index (χ2v) is 9.70. The highest BCUT2D eigenvalue weighted by Crippen LogP contribution is 2.27. The zero-order valence-electron chi connectivity index (χ0n) is 16.8. The van der Waals surface area contributed by atoms with E-state index >= 15 is 0 Å². The third kappa shape index (κ3) is 4.84. The fourth-order valence-electron chi connectivity index (χ4n) is 3.75. The van der Waals surface area contributed by atoms with Crippen molar-refractivity contribution in [3.8, 4) is 5.75 Å². The van der Waals surface area contributed by atoms with E-state index in [1.54, 1.807) is 0 Å². The number of fused-ring (bicyclic) bond motifs is 1. The number of amides is 1. The summed E-state index contributed by atoms with van der Waals surface area (Å²) in [5, 5.41) is 5.48. The van der Waals surface area contributed by atoms with Gasteiger partial charge in [0, 0.05) is 11.6 Å². The van der Waals surface area contributed by atoms with Gasteiger partial charge in [-0.2, -0.15) is 4.31 Å². The monoisotopic (exact) mass is 458 g/mol. The first-order valence-electron chi connectivity index (χ1n) is 10.1. The van der Waals surface area contributed by atoms with Crippen LogP contribution in [0.3, 0.4) is 0 Å². The van der Waals surface area contributed by atoms with Gasteiger partial charge in [-0.1, -0.05) is 41.9 Å². The van der Waals surface area contributed by atoms with Crippen LogP contribution in [0.5, 0.6) is 5.75 Å². The highest BCUT2D eigenvalue weighted by molar-refractivity contribution is 7.89. The van der Waals surface area contributed by atoms with Gasteiger partial charge in [-0.05, 0) is 60.0 Å². The Kier molecular flexibility index (Phi) is 6.46. The number of carbonyl (C=O) groups is 1. The first-order chi connectivity index (χ1) is 14.9. The summed E-state index contributed by atoms with van der Waals surface area (Å²) in [6, 6.07) is 19.1. The normalized spacial score (nSPS) is 17.0. The molecule has 3 aromatic rings. The topological polar surface area (TPSA) is 75.7 Å². The Hall–Kier alpha value is -2.61. The minimum Gasteiger partial charge on any atom is -0.492 e. The predicted octanol–water partition coefficient (Wildman–Crippen LogP) is 3.84. The molecule has 1 aliphatic heterocycles. The van der Waals surface area contributed by atoms with Crippen LogP contribution in [-0.4, -0.2) is 44.4 Å². The van der Waals surface area contributed by atoms with E-state index in [1.165, 1.54) is 28.6 Å². The number of ether oxygens (including phenoxy) is 1. The van der Waals surface area contributed by atoms with Gasteiger partial charge in [-0.3, -0.25) is 4.79 Å². The van der Waals surface area contributed by atoms with Gasteiger partial charge in [0.25, 0.3) is 0 Å². The smallest absolute Gasteiger partial charge is 0.243 e. The molecule has 162 valence electrons. The number of hydrogen-bond acceptors (Lipinski definition) is 4. The van der Waals surface area contributed by atoms with Gasteiger partial charge >= 0.3 is 0 Å². The van der Waals surface area contributed by atoms with E-state index in [0.717, 1.165) is 16.5 Å². The first kappa shape index (κ1) is 21.6. The molecule has 6 nitrogen and oxygen atoms in total. The third-order valence-corrected chi connectivity index (χ3v) is 7.49. The lowest BCUT2D eigenvalue weighted by Gasteiger charge is -2.23. The highest BCUT2D eigenvalue weighted by atomic mass is 35.5. The van der Waals surface area contributed by atoms with Crippen LogP contribution in [0.25, 0.3) is 10.8 Å². The van der Waals surface area contributed by atoms with Crippen molar-refractivity contribution in [3.63, 3.8) is 0 Å². The Morgan fingerprint density at radius 1 is 1.06 bits per heavy atom. The van der Waals surface area contributed by atoms with Crippen molar-refractivity contribution in [3.05, 3.63) is 71.8 Å². The van der Waals surface area contributed by atoms with Crippen molar-refractivity contribution in [2.45, 2.75) is 23.8 Å². The average molecular weight is 459 g/mol. The second-order valence-electron chi connectivity index (χ2n) is 7.38. The average Bonchev–Trinajstić information content (AvgIpc) is 3.28. The van der Waals surface area contributed by atoms with Crippen LogP contribution in [0.2, 0.25) is 5.02 Å². The van der Waals surface area contributed by atoms with E-state index in [4.69, 9.17) is 16.3 Å². The molecule has 1 saturated heterocycles. The number of nitrogens with one attached hydrogen (secondary N) is 1. The number of nitrogens with zero attached hydrogens (tertiary/aromatic N) is 1. The molecule has 1 fully saturated rings. The van der Waals surface area contributed by atoms with E-state index in [9.17, 15) is 13.2 Å². The number of halogens is 1. The van der Waals surface area contributed by atoms with Gasteiger partial charge < -0.3 is 10.1 Å². The van der Waals surface area contributed by atoms with E-state index in [2.05, 4.69) is 5.32 Å². The molecule has 0 bridgehead atoms. The van der Waals surface area contributed by atoms with Crippen molar-refractivity contribution in [1.82, 2.24) is 9.62 Å². The number of hydrogen-bond donors (Lipinski definition) is 1. The van der Waals surface area contributed by atoms with E-state index in [1.807, 2.05) is 42.5 Å². The molecule has 0 spiro atoms. The van der Waals surface area contributed by atoms with Gasteiger partial charge in [-0.25, -0.2) is 8.42 Å². The minimum absolute atomic E-state index is 0.135. The highest BCUT2D eigenvalue weighted by Gasteiger charge is 2.39. The van der Waals surface area contributed by atoms with Crippen LogP contribution in [0.1, 0.15) is 12.8 Å². The molecule has 1 N–H and O–H groups in total. The fraction of sp³-hybridized carbons (Fsp3) is 0.261. The fourth-order valence-corrected chi connectivity index (χ4v) is 5.53. The standard InChI is InChI=1S/C23H23ClN2O4S/c24-19-8-11-21(12-9-19)31(28,29)26-14-3-6-22(26)23(27)25-13-15-30-20-10-7-17-4-1-2-5-18(17)16-20/h1-2,4-5,7-12,16,22H,3,6,13-15H2,(H,25,27)/t22-/m0/s1. The van der Waals surface area contributed by atoms with E-state index in [0.29, 0.717) is 31.0 Å². The van der Waals surface area contributed by atoms with Gasteiger partial charge in [-0.15, -0.1) is 0 Å². The van der Waals surface area contributed by atoms with Gasteiger partial charge in [0.15, 0.2) is 0 Å². The zero-order valence-corrected chi connectivity index (χ0v) is 18.4. The molecule has 1 heterocycles. The summed E-state index contributed by atoms with van der Waals surface area (Å²) in [5.74, 6) is 0.415. The zero-order chi connectivity index (χ0) is 21.8. The molecule has 8 heteroatoms. The molecule has 1 aliphatic rings. The maximum absolute atomic E-state index is 13.0. The van der Waals surface area contributed by atoms with Crippen molar-refractivity contribution in [1.29, 1.82) is 0 Å². The Labute approximate surface area is 186 Å². The number of rotatable bonds is 7. The number of sulfonamides is 1. The molecule has 0 unspecified atom stereocenters. The molecule has 1 amide bonds. The van der Waals surface area contributed by atoms with Crippen molar-refractivity contribution in [2.24, 2.45) is 0 Å². The van der Waals surface area contributed by atoms with Crippen molar-refractivity contribution < 1.29 is 17.9 Å². The molecule has 3 aromatic carbocycles. The lowest BCUT2D eigenvalue weighted by Crippen LogP contribution is -2.46. The largest absolute Gasteiger partial charge is 0.492 e. The Bertz CT molecular complexity index is 1180. The third-order valence-electron chi connectivity index (χ3n) is 5.32. The summed E-state index contributed by atoms with van der Waals surface area (Å²) < 4.78 is 32.9. The SMILES string of the molecule is O=C(NCCOc1ccc2ccccc2c1)[C@@H]1CCCN1S(=O)(=O)c1ccc(Cl)cc1. The molecule has 0 aliphatic carbocycles. The number of benzene rings is 3. The Morgan fingerprint density at radius 3 is 2.58 bits per heavy atom. The summed E-state index contributed by atoms with van der Waals surface area (Å²) in [6.07, 6.45) is 1.13. The molecule has 1 atom stereocenters. The Balaban J connectivity index is 1.33. The second kappa shape index (κ2) is 9.26. The van der Waals surface area contributed by atoms with Crippen molar-refractivity contribution in [2.75, 3.05) is 19.7 Å². The van der Waals surface area contributed by atoms with E-state index < -0.39 is 16.1 Å². The maximum atomic E-state index is 13.0. The lowest BCUT2D eigenvalue weighted by molar-refractivity contribution is -0.124. The van der Waals surface area contributed by atoms with Gasteiger partial charge in [0.05, 0.1) is 11.4 Å². The van der Waals surface area contributed by atoms with Crippen molar-refractivity contribution >= 4 is 38.3 Å². The molecular formula is C23H23ClN2O4S. The first-order valence-corrected chi connectivity index (χ1v) is 11.9. The molecule has 0 radical (unpaired) electrons. The van der Waals surface area contributed by atoms with Crippen LogP contribution < -0.4 is 10.1 Å². The predicted molar refractivity (Wildman–Crippen MR) is 121 cm³/mol.